The first kappa shape index (κ1) is 14.2. The topological polar surface area (TPSA) is 58.6 Å². The number of hydrogen-bond acceptors (Lipinski definition) is 3. The molecule has 19 heavy (non-hydrogen) atoms. The molecule has 1 aliphatic carbocycles. The van der Waals surface area contributed by atoms with E-state index in [4.69, 9.17) is 0 Å². The van der Waals surface area contributed by atoms with Crippen LogP contribution < -0.4 is 5.32 Å². The SMILES string of the molecule is CCC1CCCN1C(=O)[C@@H](NC(=O)OC)C1CCC1. The zero-order valence-corrected chi connectivity index (χ0v) is 11.9. The molecule has 2 amide bonds. The highest BCUT2D eigenvalue weighted by molar-refractivity contribution is 5.86. The van der Waals surface area contributed by atoms with Crippen LogP contribution in [0, 0.1) is 5.92 Å². The molecule has 108 valence electrons. The highest BCUT2D eigenvalue weighted by Crippen LogP contribution is 2.32. The fraction of sp³-hybridized carbons (Fsp3) is 0.857. The molecule has 5 heteroatoms. The zero-order valence-electron chi connectivity index (χ0n) is 11.9. The van der Waals surface area contributed by atoms with Gasteiger partial charge in [0.1, 0.15) is 6.04 Å². The van der Waals surface area contributed by atoms with E-state index in [9.17, 15) is 9.59 Å². The number of carbonyl (C=O) groups excluding carboxylic acids is 2. The van der Waals surface area contributed by atoms with Crippen LogP contribution in [0.2, 0.25) is 0 Å². The Bertz CT molecular complexity index is 342. The average molecular weight is 268 g/mol. The normalized spacial score (nSPS) is 24.7. The van der Waals surface area contributed by atoms with Crippen LogP contribution in [0.3, 0.4) is 0 Å². The second-order valence-electron chi connectivity index (χ2n) is 5.54. The molecule has 1 unspecified atom stereocenters. The summed E-state index contributed by atoms with van der Waals surface area (Å²) in [4.78, 5) is 26.0. The van der Waals surface area contributed by atoms with E-state index in [1.165, 1.54) is 7.11 Å². The van der Waals surface area contributed by atoms with Crippen LogP contribution in [0.15, 0.2) is 0 Å². The second-order valence-corrected chi connectivity index (χ2v) is 5.54. The van der Waals surface area contributed by atoms with Crippen LogP contribution >= 0.6 is 0 Å². The summed E-state index contributed by atoms with van der Waals surface area (Å²) >= 11 is 0. The third kappa shape index (κ3) is 3.01. The van der Waals surface area contributed by atoms with E-state index >= 15 is 0 Å². The zero-order chi connectivity index (χ0) is 13.8. The lowest BCUT2D eigenvalue weighted by atomic mass is 9.79. The molecule has 1 saturated carbocycles. The summed E-state index contributed by atoms with van der Waals surface area (Å²) in [5.41, 5.74) is 0. The summed E-state index contributed by atoms with van der Waals surface area (Å²) < 4.78 is 4.64. The average Bonchev–Trinajstić information content (AvgIpc) is 2.82. The van der Waals surface area contributed by atoms with Crippen LogP contribution in [0.4, 0.5) is 4.79 Å². The molecule has 2 atom stereocenters. The number of ether oxygens (including phenoxy) is 1. The van der Waals surface area contributed by atoms with Gasteiger partial charge in [-0.1, -0.05) is 13.3 Å². The lowest BCUT2D eigenvalue weighted by Gasteiger charge is -2.36. The Balaban J connectivity index is 2.04. The standard InChI is InChI=1S/C14H24N2O3/c1-3-11-8-5-9-16(11)13(17)12(10-6-4-7-10)15-14(18)19-2/h10-12H,3-9H2,1-2H3,(H,15,18)/t11?,12-/m0/s1. The Morgan fingerprint density at radius 2 is 2.05 bits per heavy atom. The summed E-state index contributed by atoms with van der Waals surface area (Å²) in [6, 6.07) is -0.0529. The van der Waals surface area contributed by atoms with Crippen LogP contribution in [-0.2, 0) is 9.53 Å². The van der Waals surface area contributed by atoms with Gasteiger partial charge in [0.05, 0.1) is 7.11 Å². The maximum Gasteiger partial charge on any atom is 0.407 e. The van der Waals surface area contributed by atoms with E-state index in [0.29, 0.717) is 6.04 Å². The predicted octanol–water partition coefficient (Wildman–Crippen LogP) is 1.91. The number of nitrogens with zero attached hydrogens (tertiary/aromatic N) is 1. The maximum atomic E-state index is 12.7. The summed E-state index contributed by atoms with van der Waals surface area (Å²) in [5, 5.41) is 2.74. The van der Waals surface area contributed by atoms with Crippen molar-refractivity contribution >= 4 is 12.0 Å². The van der Waals surface area contributed by atoms with Gasteiger partial charge in [0.2, 0.25) is 5.91 Å². The van der Waals surface area contributed by atoms with Gasteiger partial charge in [0.15, 0.2) is 0 Å². The molecule has 5 nitrogen and oxygen atoms in total. The molecule has 2 rings (SSSR count). The molecule has 1 heterocycles. The minimum Gasteiger partial charge on any atom is -0.453 e. The molecule has 2 aliphatic rings. The number of hydrogen-bond donors (Lipinski definition) is 1. The van der Waals surface area contributed by atoms with Gasteiger partial charge in [-0.05, 0) is 38.0 Å². The number of rotatable bonds is 4. The Morgan fingerprint density at radius 3 is 2.58 bits per heavy atom. The van der Waals surface area contributed by atoms with E-state index < -0.39 is 12.1 Å². The van der Waals surface area contributed by atoms with Crippen molar-refractivity contribution in [2.24, 2.45) is 5.92 Å². The minimum absolute atomic E-state index is 0.0828. The van der Waals surface area contributed by atoms with Gasteiger partial charge < -0.3 is 15.0 Å². The molecule has 0 aromatic rings. The predicted molar refractivity (Wildman–Crippen MR) is 71.7 cm³/mol. The smallest absolute Gasteiger partial charge is 0.407 e. The molecule has 0 radical (unpaired) electrons. The van der Waals surface area contributed by atoms with E-state index in [0.717, 1.165) is 45.1 Å². The molecule has 0 spiro atoms. The Morgan fingerprint density at radius 1 is 1.32 bits per heavy atom. The van der Waals surface area contributed by atoms with E-state index in [1.54, 1.807) is 0 Å². The third-order valence-corrected chi connectivity index (χ3v) is 4.48. The number of carbonyl (C=O) groups is 2. The highest BCUT2D eigenvalue weighted by Gasteiger charge is 2.39. The molecular formula is C14H24N2O3. The Labute approximate surface area is 114 Å². The molecule has 0 aromatic carbocycles. The lowest BCUT2D eigenvalue weighted by molar-refractivity contribution is -0.136. The van der Waals surface area contributed by atoms with Crippen molar-refractivity contribution in [3.8, 4) is 0 Å². The fourth-order valence-electron chi connectivity index (χ4n) is 3.07. The number of alkyl carbamates (subject to hydrolysis) is 1. The van der Waals surface area contributed by atoms with Crippen molar-refractivity contribution in [2.75, 3.05) is 13.7 Å². The van der Waals surface area contributed by atoms with Gasteiger partial charge in [-0.3, -0.25) is 4.79 Å². The first-order valence-corrected chi connectivity index (χ1v) is 7.32. The van der Waals surface area contributed by atoms with Gasteiger partial charge in [-0.25, -0.2) is 4.79 Å². The van der Waals surface area contributed by atoms with Gasteiger partial charge in [0.25, 0.3) is 0 Å². The summed E-state index contributed by atoms with van der Waals surface area (Å²) in [5.74, 6) is 0.365. The van der Waals surface area contributed by atoms with Crippen molar-refractivity contribution in [3.63, 3.8) is 0 Å². The van der Waals surface area contributed by atoms with Crippen molar-refractivity contribution < 1.29 is 14.3 Å². The Kier molecular flexibility index (Phi) is 4.66. The first-order valence-electron chi connectivity index (χ1n) is 7.32. The van der Waals surface area contributed by atoms with Crippen molar-refractivity contribution in [1.29, 1.82) is 0 Å². The Hall–Kier alpha value is -1.26. The van der Waals surface area contributed by atoms with Crippen LogP contribution in [-0.4, -0.2) is 42.6 Å². The second kappa shape index (κ2) is 6.26. The largest absolute Gasteiger partial charge is 0.453 e. The maximum absolute atomic E-state index is 12.7. The van der Waals surface area contributed by atoms with Crippen LogP contribution in [0.5, 0.6) is 0 Å². The molecular weight excluding hydrogens is 244 g/mol. The molecule has 1 aliphatic heterocycles. The third-order valence-electron chi connectivity index (χ3n) is 4.48. The molecule has 2 fully saturated rings. The minimum atomic E-state index is -0.502. The first-order chi connectivity index (χ1) is 9.17. The monoisotopic (exact) mass is 268 g/mol. The number of likely N-dealkylation sites (tertiary alicyclic amines) is 1. The molecule has 1 N–H and O–H groups in total. The van der Waals surface area contributed by atoms with Gasteiger partial charge in [-0.2, -0.15) is 0 Å². The van der Waals surface area contributed by atoms with Crippen molar-refractivity contribution in [1.82, 2.24) is 10.2 Å². The number of amides is 2. The van der Waals surface area contributed by atoms with Gasteiger partial charge in [0, 0.05) is 12.6 Å². The van der Waals surface area contributed by atoms with Gasteiger partial charge in [-0.15, -0.1) is 0 Å². The molecule has 0 bridgehead atoms. The number of methoxy groups -OCH3 is 1. The van der Waals surface area contributed by atoms with Crippen molar-refractivity contribution in [2.45, 2.75) is 57.5 Å². The fourth-order valence-corrected chi connectivity index (χ4v) is 3.07. The summed E-state index contributed by atoms with van der Waals surface area (Å²) in [6.45, 7) is 2.94. The van der Waals surface area contributed by atoms with E-state index in [-0.39, 0.29) is 11.8 Å². The highest BCUT2D eigenvalue weighted by atomic mass is 16.5. The summed E-state index contributed by atoms with van der Waals surface area (Å²) in [7, 11) is 1.34. The lowest BCUT2D eigenvalue weighted by Crippen LogP contribution is -2.54. The molecule has 1 saturated heterocycles. The van der Waals surface area contributed by atoms with Crippen LogP contribution in [0.1, 0.15) is 45.4 Å². The quantitative estimate of drug-likeness (QED) is 0.847. The van der Waals surface area contributed by atoms with E-state index in [2.05, 4.69) is 17.0 Å². The van der Waals surface area contributed by atoms with E-state index in [1.807, 2.05) is 4.90 Å². The molecule has 0 aromatic heterocycles. The van der Waals surface area contributed by atoms with Gasteiger partial charge >= 0.3 is 6.09 Å². The summed E-state index contributed by atoms with van der Waals surface area (Å²) in [6.07, 6.45) is 5.82. The van der Waals surface area contributed by atoms with Crippen molar-refractivity contribution in [3.05, 3.63) is 0 Å². The number of nitrogens with one attached hydrogen (secondary N) is 1. The van der Waals surface area contributed by atoms with Crippen LogP contribution in [0.25, 0.3) is 0 Å².